The number of rotatable bonds is 4. The van der Waals surface area contributed by atoms with Crippen LogP contribution in [0.5, 0.6) is 0 Å². The second-order valence-corrected chi connectivity index (χ2v) is 3.57. The summed E-state index contributed by atoms with van der Waals surface area (Å²) >= 11 is 0. The third-order valence-corrected chi connectivity index (χ3v) is 1.95. The van der Waals surface area contributed by atoms with Crippen molar-refractivity contribution in [3.05, 3.63) is 11.8 Å². The predicted octanol–water partition coefficient (Wildman–Crippen LogP) is 1.87. The van der Waals surface area contributed by atoms with Crippen LogP contribution in [0.3, 0.4) is 0 Å². The van der Waals surface area contributed by atoms with Crippen LogP contribution in [-0.2, 0) is 4.79 Å². The van der Waals surface area contributed by atoms with Gasteiger partial charge in [0.25, 0.3) is 0 Å². The first kappa shape index (κ1) is 11.2. The van der Waals surface area contributed by atoms with Crippen molar-refractivity contribution in [3.63, 3.8) is 0 Å². The molecule has 0 aromatic rings. The van der Waals surface area contributed by atoms with Crippen molar-refractivity contribution in [2.45, 2.75) is 34.1 Å². The average Bonchev–Trinajstić information content (AvgIpc) is 2.00. The van der Waals surface area contributed by atoms with E-state index in [1.807, 2.05) is 26.3 Å². The Balaban J connectivity index is 4.59. The van der Waals surface area contributed by atoms with E-state index in [0.717, 1.165) is 6.42 Å². The van der Waals surface area contributed by atoms with Gasteiger partial charge < -0.3 is 0 Å². The van der Waals surface area contributed by atoms with Gasteiger partial charge in [-0.2, -0.15) is 0 Å². The van der Waals surface area contributed by atoms with E-state index in [1.165, 1.54) is 6.92 Å². The fraction of sp³-hybridized carbons (Fsp3) is 0.667. The summed E-state index contributed by atoms with van der Waals surface area (Å²) in [7, 11) is 0. The first-order valence-corrected chi connectivity index (χ1v) is 4.07. The van der Waals surface area contributed by atoms with Crippen LogP contribution < -0.4 is 5.48 Å². The first-order valence-electron chi connectivity index (χ1n) is 4.07. The lowest BCUT2D eigenvalue weighted by atomic mass is 9.89. The molecule has 12 heavy (non-hydrogen) atoms. The second kappa shape index (κ2) is 4.26. The molecule has 0 rings (SSSR count). The fourth-order valence-corrected chi connectivity index (χ4v) is 0.705. The summed E-state index contributed by atoms with van der Waals surface area (Å²) in [5, 5.41) is 8.62. The summed E-state index contributed by atoms with van der Waals surface area (Å²) in [6, 6.07) is 0. The summed E-state index contributed by atoms with van der Waals surface area (Å²) in [6.45, 7) is 7.47. The van der Waals surface area contributed by atoms with Crippen LogP contribution in [0.15, 0.2) is 11.8 Å². The molecular weight excluding hydrogens is 154 g/mol. The van der Waals surface area contributed by atoms with Crippen LogP contribution in [0.25, 0.3) is 0 Å². The van der Waals surface area contributed by atoms with Crippen molar-refractivity contribution < 1.29 is 10.0 Å². The van der Waals surface area contributed by atoms with Gasteiger partial charge in [-0.3, -0.25) is 15.5 Å². The number of ketones is 1. The minimum absolute atomic E-state index is 0.0588. The monoisotopic (exact) mass is 171 g/mol. The maximum absolute atomic E-state index is 10.9. The Hall–Kier alpha value is -0.830. The molecule has 0 bridgehead atoms. The number of hydrogen-bond acceptors (Lipinski definition) is 3. The normalized spacial score (nSPS) is 12.9. The molecule has 0 atom stereocenters. The van der Waals surface area contributed by atoms with Crippen LogP contribution in [0.2, 0.25) is 0 Å². The number of carbonyl (C=O) groups excluding carboxylic acids is 1. The summed E-state index contributed by atoms with van der Waals surface area (Å²) in [5.74, 6) is -0.154. The van der Waals surface area contributed by atoms with E-state index in [-0.39, 0.29) is 16.9 Å². The van der Waals surface area contributed by atoms with Gasteiger partial charge in [-0.1, -0.05) is 20.8 Å². The lowest BCUT2D eigenvalue weighted by Crippen LogP contribution is -2.18. The maximum Gasteiger partial charge on any atom is 0.177 e. The van der Waals surface area contributed by atoms with Crippen LogP contribution in [-0.4, -0.2) is 11.0 Å². The van der Waals surface area contributed by atoms with E-state index in [4.69, 9.17) is 5.21 Å². The van der Waals surface area contributed by atoms with Crippen LogP contribution in [0, 0.1) is 5.41 Å². The van der Waals surface area contributed by atoms with E-state index in [9.17, 15) is 4.79 Å². The van der Waals surface area contributed by atoms with Gasteiger partial charge in [0, 0.05) is 6.92 Å². The highest BCUT2D eigenvalue weighted by molar-refractivity contribution is 5.92. The molecular formula is C9H17NO2. The highest BCUT2D eigenvalue weighted by atomic mass is 16.5. The van der Waals surface area contributed by atoms with Gasteiger partial charge in [-0.05, 0) is 17.9 Å². The minimum atomic E-state index is -0.154. The largest absolute Gasteiger partial charge is 0.293 e. The highest BCUT2D eigenvalue weighted by Crippen LogP contribution is 2.22. The van der Waals surface area contributed by atoms with Crippen LogP contribution >= 0.6 is 0 Å². The van der Waals surface area contributed by atoms with Crippen molar-refractivity contribution in [3.8, 4) is 0 Å². The SMILES string of the molecule is CCC(C)(C)/C=C(/NO)C(C)=O. The molecule has 3 nitrogen and oxygen atoms in total. The van der Waals surface area contributed by atoms with Gasteiger partial charge in [0.15, 0.2) is 5.78 Å². The third kappa shape index (κ3) is 3.53. The van der Waals surface area contributed by atoms with E-state index >= 15 is 0 Å². The number of carbonyl (C=O) groups is 1. The molecule has 0 radical (unpaired) electrons. The number of hydrogen-bond donors (Lipinski definition) is 2. The van der Waals surface area contributed by atoms with Gasteiger partial charge in [-0.25, -0.2) is 0 Å². The molecule has 0 saturated carbocycles. The molecule has 0 aromatic heterocycles. The van der Waals surface area contributed by atoms with Gasteiger partial charge in [0.1, 0.15) is 0 Å². The van der Waals surface area contributed by atoms with Crippen molar-refractivity contribution in [1.82, 2.24) is 5.48 Å². The molecule has 0 fully saturated rings. The highest BCUT2D eigenvalue weighted by Gasteiger charge is 2.14. The topological polar surface area (TPSA) is 49.3 Å². The molecule has 0 saturated heterocycles. The number of Topliss-reactive ketones (excluding diaryl/α,β-unsaturated/α-hetero) is 1. The Labute approximate surface area is 73.4 Å². The van der Waals surface area contributed by atoms with Crippen molar-refractivity contribution in [1.29, 1.82) is 0 Å². The zero-order valence-corrected chi connectivity index (χ0v) is 8.14. The fourth-order valence-electron chi connectivity index (χ4n) is 0.705. The van der Waals surface area contributed by atoms with Crippen LogP contribution in [0.1, 0.15) is 34.1 Å². The van der Waals surface area contributed by atoms with E-state index < -0.39 is 0 Å². The standard InChI is InChI=1S/C9H17NO2/c1-5-9(3,4)6-8(10-12)7(2)11/h6,10,12H,5H2,1-4H3/b8-6+. The zero-order chi connectivity index (χ0) is 9.78. The third-order valence-electron chi connectivity index (χ3n) is 1.95. The van der Waals surface area contributed by atoms with E-state index in [2.05, 4.69) is 0 Å². The summed E-state index contributed by atoms with van der Waals surface area (Å²) in [5.41, 5.74) is 2.11. The lowest BCUT2D eigenvalue weighted by Gasteiger charge is -2.18. The zero-order valence-electron chi connectivity index (χ0n) is 8.14. The van der Waals surface area contributed by atoms with E-state index in [1.54, 1.807) is 6.08 Å². The molecule has 0 amide bonds. The Bertz CT molecular complexity index is 195. The molecule has 0 aliphatic rings. The molecule has 2 N–H and O–H groups in total. The minimum Gasteiger partial charge on any atom is -0.293 e. The smallest absolute Gasteiger partial charge is 0.177 e. The Morgan fingerprint density at radius 3 is 2.33 bits per heavy atom. The summed E-state index contributed by atoms with van der Waals surface area (Å²) < 4.78 is 0. The van der Waals surface area contributed by atoms with Crippen molar-refractivity contribution >= 4 is 5.78 Å². The lowest BCUT2D eigenvalue weighted by molar-refractivity contribution is -0.114. The number of nitrogens with one attached hydrogen (secondary N) is 1. The molecule has 0 spiro atoms. The van der Waals surface area contributed by atoms with Gasteiger partial charge >= 0.3 is 0 Å². The Morgan fingerprint density at radius 1 is 1.58 bits per heavy atom. The van der Waals surface area contributed by atoms with Crippen molar-refractivity contribution in [2.75, 3.05) is 0 Å². The van der Waals surface area contributed by atoms with Gasteiger partial charge in [0.05, 0.1) is 5.70 Å². The Kier molecular flexibility index (Phi) is 3.96. The van der Waals surface area contributed by atoms with Gasteiger partial charge in [-0.15, -0.1) is 0 Å². The van der Waals surface area contributed by atoms with Crippen LogP contribution in [0.4, 0.5) is 0 Å². The predicted molar refractivity (Wildman–Crippen MR) is 47.8 cm³/mol. The summed E-state index contributed by atoms with van der Waals surface area (Å²) in [4.78, 5) is 10.9. The maximum atomic E-state index is 10.9. The summed E-state index contributed by atoms with van der Waals surface area (Å²) in [6.07, 6.45) is 2.67. The van der Waals surface area contributed by atoms with Gasteiger partial charge in [0.2, 0.25) is 0 Å². The molecule has 0 aliphatic heterocycles. The molecule has 0 aliphatic carbocycles. The molecule has 0 unspecified atom stereocenters. The Morgan fingerprint density at radius 2 is 2.08 bits per heavy atom. The quantitative estimate of drug-likeness (QED) is 0.501. The average molecular weight is 171 g/mol. The molecule has 3 heteroatoms. The molecule has 0 heterocycles. The van der Waals surface area contributed by atoms with E-state index in [0.29, 0.717) is 0 Å². The molecule has 70 valence electrons. The number of allylic oxidation sites excluding steroid dienone is 2. The molecule has 0 aromatic carbocycles. The second-order valence-electron chi connectivity index (χ2n) is 3.57. The first-order chi connectivity index (χ1) is 5.43. The number of hydroxylamine groups is 1. The van der Waals surface area contributed by atoms with Crippen molar-refractivity contribution in [2.24, 2.45) is 5.41 Å².